The molecule has 3 aromatic rings. The summed E-state index contributed by atoms with van der Waals surface area (Å²) >= 11 is 9.68. The summed E-state index contributed by atoms with van der Waals surface area (Å²) in [5.41, 5.74) is 4.18. The van der Waals surface area contributed by atoms with E-state index < -0.39 is 9.84 Å². The number of likely N-dealkylation sites (tertiary alicyclic amines) is 1. The minimum atomic E-state index is -3.55. The van der Waals surface area contributed by atoms with Crippen LogP contribution in [-0.2, 0) is 21.2 Å². The summed E-state index contributed by atoms with van der Waals surface area (Å²) in [6, 6.07) is 8.17. The van der Waals surface area contributed by atoms with E-state index in [0.717, 1.165) is 34.2 Å². The van der Waals surface area contributed by atoms with E-state index in [1.54, 1.807) is 24.8 Å². The molecule has 1 atom stereocenters. The lowest BCUT2D eigenvalue weighted by atomic mass is 10.1. The predicted octanol–water partition coefficient (Wildman–Crippen LogP) is 3.53. The van der Waals surface area contributed by atoms with Crippen molar-refractivity contribution in [2.24, 2.45) is 0 Å². The number of hydrogen-bond acceptors (Lipinski definition) is 7. The second-order valence-electron chi connectivity index (χ2n) is 8.84. The molecule has 1 N–H and O–H groups in total. The van der Waals surface area contributed by atoms with Crippen LogP contribution in [-0.4, -0.2) is 65.7 Å². The maximum absolute atomic E-state index is 13.2. The van der Waals surface area contributed by atoms with Gasteiger partial charge in [-0.15, -0.1) is 0 Å². The number of nitrogens with one attached hydrogen (secondary N) is 1. The van der Waals surface area contributed by atoms with Crippen LogP contribution in [0.5, 0.6) is 0 Å². The number of nitrogens with zero attached hydrogens (tertiary/aromatic N) is 4. The number of aromatic nitrogens is 2. The third kappa shape index (κ3) is 5.44. The highest BCUT2D eigenvalue weighted by Gasteiger charge is 2.27. The Morgan fingerprint density at radius 1 is 1.31 bits per heavy atom. The summed E-state index contributed by atoms with van der Waals surface area (Å²) < 4.78 is 27.0. The number of benzene rings is 2. The summed E-state index contributed by atoms with van der Waals surface area (Å²) in [6.45, 7) is 5.43. The van der Waals surface area contributed by atoms with Crippen LogP contribution in [0.2, 0.25) is 5.02 Å². The molecule has 4 rings (SSSR count). The van der Waals surface area contributed by atoms with Crippen molar-refractivity contribution in [1.29, 1.82) is 0 Å². The van der Waals surface area contributed by atoms with Gasteiger partial charge >= 0.3 is 0 Å². The van der Waals surface area contributed by atoms with E-state index in [2.05, 4.69) is 31.2 Å². The number of anilines is 1. The Bertz CT molecular complexity index is 1490. The molecule has 0 spiro atoms. The number of halogens is 2. The lowest BCUT2D eigenvalue weighted by molar-refractivity contribution is -0.129. The molecule has 0 bridgehead atoms. The fourth-order valence-electron chi connectivity index (χ4n) is 4.30. The largest absolute Gasteiger partial charge is 0.342 e. The summed E-state index contributed by atoms with van der Waals surface area (Å²) in [5.74, 6) is -0.0350. The van der Waals surface area contributed by atoms with E-state index in [0.29, 0.717) is 22.5 Å². The van der Waals surface area contributed by atoms with Crippen molar-refractivity contribution in [3.63, 3.8) is 0 Å². The van der Waals surface area contributed by atoms with Gasteiger partial charge in [-0.2, -0.15) is 0 Å². The second-order valence-corrected chi connectivity index (χ2v) is 12.4. The van der Waals surface area contributed by atoms with Crippen LogP contribution < -0.4 is 11.0 Å². The molecule has 1 amide bonds. The molecule has 2 heterocycles. The zero-order valence-corrected chi connectivity index (χ0v) is 23.3. The number of carbonyl (C=O) groups excluding carboxylic acids is 1. The van der Waals surface area contributed by atoms with Crippen molar-refractivity contribution in [1.82, 2.24) is 19.5 Å². The molecule has 2 aromatic carbocycles. The molecule has 36 heavy (non-hydrogen) atoms. The third-order valence-corrected chi connectivity index (χ3v) is 9.27. The highest BCUT2D eigenvalue weighted by molar-refractivity contribution is 9.10. The molecule has 1 fully saturated rings. The number of fused-ring (bicyclic) bond motifs is 1. The van der Waals surface area contributed by atoms with Gasteiger partial charge in [-0.1, -0.05) is 34.5 Å². The van der Waals surface area contributed by atoms with Gasteiger partial charge < -0.3 is 4.90 Å². The molecule has 0 saturated carbocycles. The lowest BCUT2D eigenvalue weighted by Crippen LogP contribution is -2.37. The Labute approximate surface area is 223 Å². The molecular weight excluding hydrogens is 570 g/mol. The molecule has 0 aliphatic carbocycles. The van der Waals surface area contributed by atoms with Crippen molar-refractivity contribution < 1.29 is 13.2 Å². The van der Waals surface area contributed by atoms with Crippen LogP contribution in [0.15, 0.2) is 50.8 Å². The number of rotatable bonds is 7. The number of hydrogen-bond donors (Lipinski definition) is 1. The first-order valence-electron chi connectivity index (χ1n) is 11.4. The molecule has 12 heteroatoms. The Morgan fingerprint density at radius 3 is 2.75 bits per heavy atom. The first-order chi connectivity index (χ1) is 17.0. The fraction of sp³-hybridized carbons (Fsp3) is 0.375. The van der Waals surface area contributed by atoms with Gasteiger partial charge in [0.2, 0.25) is 5.91 Å². The number of carbonyl (C=O) groups is 1. The van der Waals surface area contributed by atoms with E-state index >= 15 is 0 Å². The summed E-state index contributed by atoms with van der Waals surface area (Å²) in [5, 5.41) is 0.707. The number of likely N-dealkylation sites (N-methyl/N-ethyl adjacent to an activating group) is 1. The SMILES string of the molecule is CCS(=O)(=O)c1ccc(Cl)cc1Nn1cnc2cc(CN3CC[C@@H](N(C)C(C)=O)C3)c(Br)cc2c1=O. The van der Waals surface area contributed by atoms with Crippen LogP contribution in [0.25, 0.3) is 10.9 Å². The zero-order chi connectivity index (χ0) is 26.2. The maximum Gasteiger partial charge on any atom is 0.280 e. The third-order valence-electron chi connectivity index (χ3n) is 6.51. The molecule has 0 unspecified atom stereocenters. The molecule has 1 aromatic heterocycles. The Morgan fingerprint density at radius 2 is 2.06 bits per heavy atom. The molecule has 1 aliphatic rings. The van der Waals surface area contributed by atoms with Gasteiger partial charge in [0.25, 0.3) is 5.56 Å². The molecular formula is C24H27BrClN5O4S. The molecule has 1 aliphatic heterocycles. The van der Waals surface area contributed by atoms with Crippen LogP contribution in [0.3, 0.4) is 0 Å². The van der Waals surface area contributed by atoms with Gasteiger partial charge in [-0.25, -0.2) is 18.1 Å². The average Bonchev–Trinajstić information content (AvgIpc) is 3.29. The Balaban J connectivity index is 1.62. The van der Waals surface area contributed by atoms with Crippen LogP contribution in [0.1, 0.15) is 25.8 Å². The second kappa shape index (κ2) is 10.5. The minimum absolute atomic E-state index is 0.0530. The molecule has 9 nitrogen and oxygen atoms in total. The quantitative estimate of drug-likeness (QED) is 0.445. The van der Waals surface area contributed by atoms with E-state index in [4.69, 9.17) is 11.6 Å². The van der Waals surface area contributed by atoms with Gasteiger partial charge in [-0.05, 0) is 42.3 Å². The highest BCUT2D eigenvalue weighted by Crippen LogP contribution is 2.27. The van der Waals surface area contributed by atoms with Crippen LogP contribution in [0.4, 0.5) is 5.69 Å². The monoisotopic (exact) mass is 595 g/mol. The van der Waals surface area contributed by atoms with Crippen molar-refractivity contribution in [2.75, 3.05) is 31.3 Å². The van der Waals surface area contributed by atoms with Gasteiger partial charge in [-0.3, -0.25) is 19.9 Å². The molecule has 1 saturated heterocycles. The highest BCUT2D eigenvalue weighted by atomic mass is 79.9. The first kappa shape index (κ1) is 26.6. The number of amides is 1. The summed E-state index contributed by atoms with van der Waals surface area (Å²) in [4.78, 5) is 33.5. The predicted molar refractivity (Wildman–Crippen MR) is 144 cm³/mol. The van der Waals surface area contributed by atoms with Crippen LogP contribution >= 0.6 is 27.5 Å². The zero-order valence-electron chi connectivity index (χ0n) is 20.2. The van der Waals surface area contributed by atoms with Gasteiger partial charge in [0.15, 0.2) is 9.84 Å². The van der Waals surface area contributed by atoms with Crippen molar-refractivity contribution in [2.45, 2.75) is 37.8 Å². The Kier molecular flexibility index (Phi) is 7.75. The Hall–Kier alpha value is -2.47. The molecule has 0 radical (unpaired) electrons. The lowest BCUT2D eigenvalue weighted by Gasteiger charge is -2.24. The van der Waals surface area contributed by atoms with E-state index in [1.807, 2.05) is 13.1 Å². The van der Waals surface area contributed by atoms with Crippen molar-refractivity contribution >= 4 is 59.9 Å². The smallest absolute Gasteiger partial charge is 0.280 e. The first-order valence-corrected chi connectivity index (χ1v) is 14.3. The maximum atomic E-state index is 13.2. The van der Waals surface area contributed by atoms with E-state index in [9.17, 15) is 18.0 Å². The number of sulfone groups is 1. The van der Waals surface area contributed by atoms with E-state index in [1.165, 1.54) is 24.5 Å². The molecule has 192 valence electrons. The van der Waals surface area contributed by atoms with Crippen molar-refractivity contribution in [3.05, 3.63) is 62.1 Å². The fourth-order valence-corrected chi connectivity index (χ4v) is 5.97. The summed E-state index contributed by atoms with van der Waals surface area (Å²) in [6.07, 6.45) is 2.24. The topological polar surface area (TPSA) is 105 Å². The minimum Gasteiger partial charge on any atom is -0.342 e. The van der Waals surface area contributed by atoms with Crippen LogP contribution in [0, 0.1) is 0 Å². The van der Waals surface area contributed by atoms with E-state index in [-0.39, 0.29) is 33.8 Å². The normalized spacial score (nSPS) is 16.4. The average molecular weight is 597 g/mol. The standard InChI is InChI=1S/C24H27BrClN5O4S/c1-4-36(34,35)23-6-5-17(26)10-22(23)28-31-14-27-21-9-16(20(25)11-19(21)24(31)33)12-30-8-7-18(13-30)29(3)15(2)32/h5-6,9-11,14,18,28H,4,7-8,12-13H2,1-3H3/t18-/m1/s1. The van der Waals surface area contributed by atoms with Gasteiger partial charge in [0.1, 0.15) is 6.33 Å². The van der Waals surface area contributed by atoms with Gasteiger partial charge in [0, 0.05) is 49.1 Å². The van der Waals surface area contributed by atoms with Gasteiger partial charge in [0.05, 0.1) is 27.2 Å². The summed E-state index contributed by atoms with van der Waals surface area (Å²) in [7, 11) is -1.72. The van der Waals surface area contributed by atoms with Crippen molar-refractivity contribution in [3.8, 4) is 0 Å².